The maximum Gasteiger partial charge on any atom is 0.390 e. The maximum absolute atomic E-state index is 11.7. The van der Waals surface area contributed by atoms with Gasteiger partial charge in [-0.25, -0.2) is 0 Å². The largest absolute Gasteiger partial charge is 0.448 e. The van der Waals surface area contributed by atoms with E-state index in [1.54, 1.807) is 12.1 Å². The molecule has 1 heterocycles. The van der Waals surface area contributed by atoms with Crippen LogP contribution in [-0.4, -0.2) is 12.7 Å². The van der Waals surface area contributed by atoms with Crippen LogP contribution >= 0.6 is 11.6 Å². The Balaban J connectivity index is 2.16. The number of furan rings is 1. The van der Waals surface area contributed by atoms with E-state index in [1.807, 2.05) is 0 Å². The molecule has 0 fully saturated rings. The normalized spacial score (nSPS) is 12.0. The highest BCUT2D eigenvalue weighted by molar-refractivity contribution is 6.28. The summed E-state index contributed by atoms with van der Waals surface area (Å²) in [5, 5.41) is 2.83. The van der Waals surface area contributed by atoms with Crippen molar-refractivity contribution >= 4 is 11.6 Å². The molecule has 14 heavy (non-hydrogen) atoms. The fraction of sp³-hybridized carbons (Fsp3) is 0.500. The van der Waals surface area contributed by atoms with Crippen LogP contribution in [-0.2, 0) is 6.54 Å². The van der Waals surface area contributed by atoms with Crippen molar-refractivity contribution in [3.8, 4) is 0 Å². The molecule has 6 heteroatoms. The fourth-order valence-corrected chi connectivity index (χ4v) is 1.05. The predicted molar refractivity (Wildman–Crippen MR) is 46.1 cm³/mol. The Morgan fingerprint density at radius 1 is 1.36 bits per heavy atom. The van der Waals surface area contributed by atoms with E-state index >= 15 is 0 Å². The second-order valence-corrected chi connectivity index (χ2v) is 3.12. The minimum atomic E-state index is -4.12. The molecule has 0 bridgehead atoms. The van der Waals surface area contributed by atoms with E-state index in [9.17, 15) is 13.2 Å². The number of alkyl halides is 3. The van der Waals surface area contributed by atoms with E-state index in [0.29, 0.717) is 5.76 Å². The van der Waals surface area contributed by atoms with Crippen molar-refractivity contribution in [2.24, 2.45) is 0 Å². The predicted octanol–water partition coefficient (Wildman–Crippen LogP) is 2.98. The molecule has 0 aliphatic heterocycles. The lowest BCUT2D eigenvalue weighted by molar-refractivity contribution is -0.133. The van der Waals surface area contributed by atoms with Crippen LogP contribution in [0.5, 0.6) is 0 Å². The van der Waals surface area contributed by atoms with Crippen LogP contribution in [0.4, 0.5) is 13.2 Å². The Kier molecular flexibility index (Phi) is 3.83. The van der Waals surface area contributed by atoms with Crippen LogP contribution in [0.3, 0.4) is 0 Å². The van der Waals surface area contributed by atoms with Gasteiger partial charge in [0.05, 0.1) is 13.0 Å². The SMILES string of the molecule is FC(F)(F)CCNCc1ccc(Cl)o1. The van der Waals surface area contributed by atoms with Crippen molar-refractivity contribution < 1.29 is 17.6 Å². The molecule has 0 spiro atoms. The standard InChI is InChI=1S/C8H9ClF3NO/c9-7-2-1-6(14-7)5-13-4-3-8(10,11)12/h1-2,13H,3-5H2. The fourth-order valence-electron chi connectivity index (χ4n) is 0.888. The smallest absolute Gasteiger partial charge is 0.390 e. The first kappa shape index (κ1) is 11.4. The van der Waals surface area contributed by atoms with Crippen molar-refractivity contribution in [1.29, 1.82) is 0 Å². The van der Waals surface area contributed by atoms with Crippen molar-refractivity contribution in [3.63, 3.8) is 0 Å². The number of rotatable bonds is 4. The third-order valence-corrected chi connectivity index (χ3v) is 1.72. The first-order valence-electron chi connectivity index (χ1n) is 3.99. The molecule has 0 saturated heterocycles. The third kappa shape index (κ3) is 4.53. The van der Waals surface area contributed by atoms with Crippen LogP contribution in [0.1, 0.15) is 12.2 Å². The van der Waals surface area contributed by atoms with Crippen LogP contribution in [0.25, 0.3) is 0 Å². The Bertz CT molecular complexity index is 284. The van der Waals surface area contributed by atoms with Gasteiger partial charge in [-0.15, -0.1) is 0 Å². The first-order chi connectivity index (χ1) is 6.47. The number of halogens is 4. The monoisotopic (exact) mass is 227 g/mol. The molecule has 0 radical (unpaired) electrons. The molecule has 0 unspecified atom stereocenters. The van der Waals surface area contributed by atoms with Crippen LogP contribution in [0, 0.1) is 0 Å². The van der Waals surface area contributed by atoms with Gasteiger partial charge in [0.1, 0.15) is 5.76 Å². The Morgan fingerprint density at radius 2 is 2.07 bits per heavy atom. The van der Waals surface area contributed by atoms with Gasteiger partial charge >= 0.3 is 6.18 Å². The van der Waals surface area contributed by atoms with E-state index in [4.69, 9.17) is 16.0 Å². The lowest BCUT2D eigenvalue weighted by atomic mass is 10.4. The van der Waals surface area contributed by atoms with Gasteiger partial charge in [-0.1, -0.05) is 0 Å². The lowest BCUT2D eigenvalue weighted by Gasteiger charge is -2.05. The van der Waals surface area contributed by atoms with Gasteiger partial charge < -0.3 is 9.73 Å². The highest BCUT2D eigenvalue weighted by Gasteiger charge is 2.25. The number of nitrogens with one attached hydrogen (secondary N) is 1. The summed E-state index contributed by atoms with van der Waals surface area (Å²) in [6, 6.07) is 3.16. The van der Waals surface area contributed by atoms with Crippen molar-refractivity contribution in [2.45, 2.75) is 19.1 Å². The minimum absolute atomic E-state index is 0.123. The second-order valence-electron chi connectivity index (χ2n) is 2.75. The summed E-state index contributed by atoms with van der Waals surface area (Å²) in [6.45, 7) is 0.130. The van der Waals surface area contributed by atoms with Gasteiger partial charge in [-0.3, -0.25) is 0 Å². The first-order valence-corrected chi connectivity index (χ1v) is 4.37. The zero-order valence-corrected chi connectivity index (χ0v) is 7.95. The molecule has 1 N–H and O–H groups in total. The quantitative estimate of drug-likeness (QED) is 0.800. The molecule has 0 aliphatic carbocycles. The molecule has 80 valence electrons. The molecule has 1 aromatic rings. The summed E-state index contributed by atoms with van der Waals surface area (Å²) >= 11 is 5.47. The summed E-state index contributed by atoms with van der Waals surface area (Å²) in [7, 11) is 0. The van der Waals surface area contributed by atoms with Crippen molar-refractivity contribution in [1.82, 2.24) is 5.32 Å². The highest BCUT2D eigenvalue weighted by atomic mass is 35.5. The van der Waals surface area contributed by atoms with Gasteiger partial charge in [-0.2, -0.15) is 13.2 Å². The van der Waals surface area contributed by atoms with Crippen molar-refractivity contribution in [2.75, 3.05) is 6.54 Å². The van der Waals surface area contributed by atoms with Crippen LogP contribution in [0.2, 0.25) is 5.22 Å². The summed E-state index contributed by atoms with van der Waals surface area (Å²) in [5.74, 6) is 0.525. The van der Waals surface area contributed by atoms with E-state index in [-0.39, 0.29) is 18.3 Å². The second kappa shape index (κ2) is 4.70. The average molecular weight is 228 g/mol. The third-order valence-electron chi connectivity index (χ3n) is 1.51. The summed E-state index contributed by atoms with van der Waals surface area (Å²) in [4.78, 5) is 0. The molecule has 1 rings (SSSR count). The summed E-state index contributed by atoms with van der Waals surface area (Å²) in [5.41, 5.74) is 0. The van der Waals surface area contributed by atoms with Crippen LogP contribution in [0.15, 0.2) is 16.5 Å². The van der Waals surface area contributed by atoms with Gasteiger partial charge in [-0.05, 0) is 23.7 Å². The molecule has 1 aromatic heterocycles. The van der Waals surface area contributed by atoms with Gasteiger partial charge in [0.25, 0.3) is 0 Å². The minimum Gasteiger partial charge on any atom is -0.448 e. The van der Waals surface area contributed by atoms with E-state index in [1.165, 1.54) is 0 Å². The van der Waals surface area contributed by atoms with E-state index in [2.05, 4.69) is 5.32 Å². The number of hydrogen-bond acceptors (Lipinski definition) is 2. The molecule has 0 atom stereocenters. The molecule has 0 amide bonds. The van der Waals surface area contributed by atoms with E-state index < -0.39 is 12.6 Å². The molecule has 2 nitrogen and oxygen atoms in total. The highest BCUT2D eigenvalue weighted by Crippen LogP contribution is 2.18. The molecule has 0 aromatic carbocycles. The Morgan fingerprint density at radius 3 is 2.57 bits per heavy atom. The molecular weight excluding hydrogens is 219 g/mol. The topological polar surface area (TPSA) is 25.2 Å². The van der Waals surface area contributed by atoms with Crippen LogP contribution < -0.4 is 5.32 Å². The lowest BCUT2D eigenvalue weighted by Crippen LogP contribution is -2.21. The molecular formula is C8H9ClF3NO. The zero-order valence-electron chi connectivity index (χ0n) is 7.20. The summed E-state index contributed by atoms with van der Waals surface area (Å²) in [6.07, 6.45) is -4.96. The Labute approximate surface area is 84.0 Å². The van der Waals surface area contributed by atoms with Gasteiger partial charge in [0, 0.05) is 6.54 Å². The maximum atomic E-state index is 11.7. The average Bonchev–Trinajstić information content (AvgIpc) is 2.44. The zero-order chi connectivity index (χ0) is 10.6. The number of hydrogen-bond donors (Lipinski definition) is 1. The van der Waals surface area contributed by atoms with Gasteiger partial charge in [0.15, 0.2) is 5.22 Å². The Hall–Kier alpha value is -0.680. The van der Waals surface area contributed by atoms with Crippen molar-refractivity contribution in [3.05, 3.63) is 23.1 Å². The van der Waals surface area contributed by atoms with Gasteiger partial charge in [0.2, 0.25) is 0 Å². The molecule has 0 saturated carbocycles. The molecule has 0 aliphatic rings. The van der Waals surface area contributed by atoms with E-state index in [0.717, 1.165) is 0 Å². The summed E-state index contributed by atoms with van der Waals surface area (Å²) < 4.78 is 40.0.